The van der Waals surface area contributed by atoms with Gasteiger partial charge in [-0.1, -0.05) is 20.8 Å². The van der Waals surface area contributed by atoms with Gasteiger partial charge >= 0.3 is 0 Å². The zero-order chi connectivity index (χ0) is 13.9. The Morgan fingerprint density at radius 2 is 2.05 bits per heavy atom. The number of aromatic nitrogens is 2. The Labute approximate surface area is 117 Å². The molecule has 0 N–H and O–H groups in total. The first kappa shape index (κ1) is 13.9. The molecule has 0 aliphatic carbocycles. The largest absolute Gasteiger partial charge is 0.293 e. The maximum atomic E-state index is 12.1. The van der Waals surface area contributed by atoms with E-state index in [1.807, 2.05) is 18.2 Å². The van der Waals surface area contributed by atoms with E-state index < -0.39 is 0 Å². The van der Waals surface area contributed by atoms with E-state index in [2.05, 4.69) is 37.0 Å². The van der Waals surface area contributed by atoms with E-state index in [9.17, 15) is 4.79 Å². The normalized spacial score (nSPS) is 11.5. The number of carbonyl (C=O) groups excluding carboxylic acids is 1. The molecule has 19 heavy (non-hydrogen) atoms. The number of carbonyl (C=O) groups is 1. The van der Waals surface area contributed by atoms with Crippen molar-refractivity contribution in [2.24, 2.45) is 0 Å². The summed E-state index contributed by atoms with van der Waals surface area (Å²) in [6.45, 7) is 6.48. The summed E-state index contributed by atoms with van der Waals surface area (Å²) in [7, 11) is 0. The van der Waals surface area contributed by atoms with E-state index in [1.54, 1.807) is 17.5 Å². The van der Waals surface area contributed by atoms with Gasteiger partial charge in [0.15, 0.2) is 5.78 Å². The smallest absolute Gasteiger partial charge is 0.173 e. The summed E-state index contributed by atoms with van der Waals surface area (Å²) < 4.78 is 0. The van der Waals surface area contributed by atoms with Crippen LogP contribution in [0, 0.1) is 0 Å². The van der Waals surface area contributed by atoms with Crippen LogP contribution in [0.15, 0.2) is 30.5 Å². The Kier molecular flexibility index (Phi) is 4.10. The molecule has 0 unspecified atom stereocenters. The van der Waals surface area contributed by atoms with Crippen LogP contribution in [-0.4, -0.2) is 16.0 Å². The van der Waals surface area contributed by atoms with Crippen LogP contribution in [0.5, 0.6) is 0 Å². The minimum absolute atomic E-state index is 0.105. The van der Waals surface area contributed by atoms with Gasteiger partial charge in [-0.15, -0.1) is 11.3 Å². The van der Waals surface area contributed by atoms with Crippen LogP contribution in [-0.2, 0) is 11.8 Å². The van der Waals surface area contributed by atoms with Gasteiger partial charge in [0.2, 0.25) is 0 Å². The standard InChI is InChI=1S/C15H18N2OS/c1-15(2,3)14-9-8-13(19-14)12(18)7-6-11-5-4-10-16-17-11/h4-5,8-10H,6-7H2,1-3H3. The van der Waals surface area contributed by atoms with Gasteiger partial charge in [-0.25, -0.2) is 0 Å². The molecular weight excluding hydrogens is 256 g/mol. The molecule has 0 saturated carbocycles. The molecule has 0 fully saturated rings. The second-order valence-electron chi connectivity index (χ2n) is 5.55. The molecular formula is C15H18N2OS. The third kappa shape index (κ3) is 3.70. The molecule has 0 aromatic carbocycles. The van der Waals surface area contributed by atoms with E-state index in [1.165, 1.54) is 4.88 Å². The number of thiophene rings is 1. The predicted molar refractivity (Wildman–Crippen MR) is 77.7 cm³/mol. The molecule has 2 rings (SSSR count). The summed E-state index contributed by atoms with van der Waals surface area (Å²) >= 11 is 1.60. The van der Waals surface area contributed by atoms with E-state index in [0.717, 1.165) is 10.6 Å². The number of hydrogen-bond donors (Lipinski definition) is 0. The van der Waals surface area contributed by atoms with Crippen molar-refractivity contribution in [1.29, 1.82) is 0 Å². The zero-order valence-electron chi connectivity index (χ0n) is 11.5. The van der Waals surface area contributed by atoms with E-state index in [-0.39, 0.29) is 11.2 Å². The number of Topliss-reactive ketones (excluding diaryl/α,β-unsaturated/α-hetero) is 1. The van der Waals surface area contributed by atoms with Crippen LogP contribution in [0.2, 0.25) is 0 Å². The van der Waals surface area contributed by atoms with Crippen LogP contribution in [0.4, 0.5) is 0 Å². The van der Waals surface area contributed by atoms with Crippen LogP contribution >= 0.6 is 11.3 Å². The molecule has 3 nitrogen and oxygen atoms in total. The molecule has 0 aliphatic rings. The van der Waals surface area contributed by atoms with Crippen molar-refractivity contribution in [3.05, 3.63) is 45.9 Å². The Balaban J connectivity index is 1.99. The van der Waals surface area contributed by atoms with Crippen molar-refractivity contribution in [1.82, 2.24) is 10.2 Å². The Bertz CT molecular complexity index is 555. The van der Waals surface area contributed by atoms with Crippen molar-refractivity contribution in [3.8, 4) is 0 Å². The molecule has 2 aromatic heterocycles. The van der Waals surface area contributed by atoms with Crippen molar-refractivity contribution in [2.45, 2.75) is 39.0 Å². The lowest BCUT2D eigenvalue weighted by atomic mass is 9.95. The molecule has 0 atom stereocenters. The molecule has 2 heterocycles. The van der Waals surface area contributed by atoms with Gasteiger partial charge in [-0.05, 0) is 36.1 Å². The van der Waals surface area contributed by atoms with Crippen LogP contribution in [0.3, 0.4) is 0 Å². The Morgan fingerprint density at radius 3 is 2.63 bits per heavy atom. The maximum Gasteiger partial charge on any atom is 0.173 e. The van der Waals surface area contributed by atoms with Crippen LogP contribution < -0.4 is 0 Å². The molecule has 4 heteroatoms. The fourth-order valence-electron chi connectivity index (χ4n) is 1.72. The summed E-state index contributed by atoms with van der Waals surface area (Å²) in [4.78, 5) is 14.2. The predicted octanol–water partition coefficient (Wildman–Crippen LogP) is 3.65. The van der Waals surface area contributed by atoms with Crippen LogP contribution in [0.1, 0.15) is 47.4 Å². The van der Waals surface area contributed by atoms with Gasteiger partial charge in [0, 0.05) is 17.5 Å². The number of nitrogens with zero attached hydrogens (tertiary/aromatic N) is 2. The van der Waals surface area contributed by atoms with Crippen LogP contribution in [0.25, 0.3) is 0 Å². The van der Waals surface area contributed by atoms with Crippen molar-refractivity contribution in [2.75, 3.05) is 0 Å². The maximum absolute atomic E-state index is 12.1. The highest BCUT2D eigenvalue weighted by Gasteiger charge is 2.18. The minimum Gasteiger partial charge on any atom is -0.293 e. The van der Waals surface area contributed by atoms with Gasteiger partial charge in [0.05, 0.1) is 10.6 Å². The lowest BCUT2D eigenvalue weighted by molar-refractivity contribution is 0.0986. The highest BCUT2D eigenvalue weighted by Crippen LogP contribution is 2.30. The van der Waals surface area contributed by atoms with Gasteiger partial charge < -0.3 is 0 Å². The number of rotatable bonds is 4. The van der Waals surface area contributed by atoms with Gasteiger partial charge in [0.1, 0.15) is 0 Å². The van der Waals surface area contributed by atoms with E-state index in [0.29, 0.717) is 12.8 Å². The average molecular weight is 274 g/mol. The first-order valence-electron chi connectivity index (χ1n) is 6.37. The van der Waals surface area contributed by atoms with E-state index in [4.69, 9.17) is 0 Å². The summed E-state index contributed by atoms with van der Waals surface area (Å²) in [5, 5.41) is 7.80. The molecule has 0 amide bonds. The molecule has 100 valence electrons. The van der Waals surface area contributed by atoms with Gasteiger partial charge in [-0.2, -0.15) is 10.2 Å². The Morgan fingerprint density at radius 1 is 1.26 bits per heavy atom. The first-order valence-corrected chi connectivity index (χ1v) is 7.18. The fraction of sp³-hybridized carbons (Fsp3) is 0.400. The first-order chi connectivity index (χ1) is 8.97. The van der Waals surface area contributed by atoms with E-state index >= 15 is 0 Å². The summed E-state index contributed by atoms with van der Waals surface area (Å²) in [5.74, 6) is 0.186. The van der Waals surface area contributed by atoms with Gasteiger partial charge in [0.25, 0.3) is 0 Å². The zero-order valence-corrected chi connectivity index (χ0v) is 12.3. The van der Waals surface area contributed by atoms with Gasteiger partial charge in [-0.3, -0.25) is 4.79 Å². The number of ketones is 1. The fourth-order valence-corrected chi connectivity index (χ4v) is 2.75. The molecule has 0 aliphatic heterocycles. The highest BCUT2D eigenvalue weighted by molar-refractivity contribution is 7.14. The SMILES string of the molecule is CC(C)(C)c1ccc(C(=O)CCc2cccnn2)s1. The summed E-state index contributed by atoms with van der Waals surface area (Å²) in [6, 6.07) is 7.73. The third-order valence-corrected chi connectivity index (χ3v) is 4.41. The third-order valence-electron chi connectivity index (χ3n) is 2.86. The molecule has 0 spiro atoms. The quantitative estimate of drug-likeness (QED) is 0.799. The molecule has 0 bridgehead atoms. The monoisotopic (exact) mass is 274 g/mol. The Hall–Kier alpha value is -1.55. The molecule has 0 radical (unpaired) electrons. The van der Waals surface area contributed by atoms with Crippen molar-refractivity contribution in [3.63, 3.8) is 0 Å². The number of aryl methyl sites for hydroxylation is 1. The highest BCUT2D eigenvalue weighted by atomic mass is 32.1. The number of hydrogen-bond acceptors (Lipinski definition) is 4. The van der Waals surface area contributed by atoms with Crippen molar-refractivity contribution < 1.29 is 4.79 Å². The second kappa shape index (κ2) is 5.61. The average Bonchev–Trinajstić information content (AvgIpc) is 2.87. The minimum atomic E-state index is 0.105. The lowest BCUT2D eigenvalue weighted by Gasteiger charge is -2.15. The molecule has 2 aromatic rings. The topological polar surface area (TPSA) is 42.9 Å². The summed E-state index contributed by atoms with van der Waals surface area (Å²) in [6.07, 6.45) is 2.78. The molecule has 0 saturated heterocycles. The lowest BCUT2D eigenvalue weighted by Crippen LogP contribution is -2.08. The van der Waals surface area contributed by atoms with Crippen molar-refractivity contribution >= 4 is 17.1 Å². The second-order valence-corrected chi connectivity index (χ2v) is 6.64. The summed E-state index contributed by atoms with van der Waals surface area (Å²) in [5.41, 5.74) is 0.970.